The molecule has 0 spiro atoms. The fourth-order valence-corrected chi connectivity index (χ4v) is 2.63. The molecule has 7 heteroatoms. The first kappa shape index (κ1) is 18.3. The van der Waals surface area contributed by atoms with Gasteiger partial charge in [0.1, 0.15) is 0 Å². The second kappa shape index (κ2) is 8.73. The van der Waals surface area contributed by atoms with Crippen molar-refractivity contribution in [3.8, 4) is 0 Å². The molecule has 0 aliphatic carbocycles. The van der Waals surface area contributed by atoms with Gasteiger partial charge in [0.15, 0.2) is 5.92 Å². The molecule has 24 heavy (non-hydrogen) atoms. The van der Waals surface area contributed by atoms with Crippen LogP contribution in [0.4, 0.5) is 10.5 Å². The molecular formula is C17H20BrN3O3. The van der Waals surface area contributed by atoms with Gasteiger partial charge >= 0.3 is 6.03 Å². The van der Waals surface area contributed by atoms with Gasteiger partial charge in [0.05, 0.1) is 5.69 Å². The third-order valence-electron chi connectivity index (χ3n) is 3.68. The minimum atomic E-state index is -1.07. The molecule has 4 amide bonds. The number of rotatable bonds is 7. The van der Waals surface area contributed by atoms with E-state index in [0.717, 1.165) is 35.1 Å². The summed E-state index contributed by atoms with van der Waals surface area (Å²) in [4.78, 5) is 41.6. The average Bonchev–Trinajstić information content (AvgIpc) is 2.55. The quantitative estimate of drug-likeness (QED) is 0.438. The van der Waals surface area contributed by atoms with E-state index in [1.165, 1.54) is 6.21 Å². The highest BCUT2D eigenvalue weighted by Crippen LogP contribution is 2.22. The van der Waals surface area contributed by atoms with E-state index in [-0.39, 0.29) is 0 Å². The van der Waals surface area contributed by atoms with Crippen LogP contribution in [0.15, 0.2) is 33.7 Å². The SMILES string of the molecule is CCCCCCN=CC1C(=O)NC(=O)N(c2ccc(Br)cc2)C1=O. The lowest BCUT2D eigenvalue weighted by Gasteiger charge is -2.28. The highest BCUT2D eigenvalue weighted by Gasteiger charge is 2.40. The molecule has 0 aromatic heterocycles. The Labute approximate surface area is 149 Å². The Bertz CT molecular complexity index is 643. The lowest BCUT2D eigenvalue weighted by molar-refractivity contribution is -0.131. The van der Waals surface area contributed by atoms with E-state index in [2.05, 4.69) is 33.2 Å². The number of hydrogen-bond acceptors (Lipinski definition) is 4. The van der Waals surface area contributed by atoms with Crippen molar-refractivity contribution in [3.63, 3.8) is 0 Å². The van der Waals surface area contributed by atoms with Crippen molar-refractivity contribution in [1.82, 2.24) is 5.32 Å². The maximum Gasteiger partial charge on any atom is 0.335 e. The molecule has 0 saturated carbocycles. The molecule has 1 heterocycles. The van der Waals surface area contributed by atoms with Crippen molar-refractivity contribution in [2.45, 2.75) is 32.6 Å². The van der Waals surface area contributed by atoms with Crippen LogP contribution in [-0.2, 0) is 9.59 Å². The summed E-state index contributed by atoms with van der Waals surface area (Å²) in [6.45, 7) is 2.70. The molecule has 128 valence electrons. The van der Waals surface area contributed by atoms with E-state index in [9.17, 15) is 14.4 Å². The van der Waals surface area contributed by atoms with E-state index in [4.69, 9.17) is 0 Å². The Morgan fingerprint density at radius 3 is 2.54 bits per heavy atom. The van der Waals surface area contributed by atoms with Crippen molar-refractivity contribution in [2.24, 2.45) is 10.9 Å². The zero-order valence-corrected chi connectivity index (χ0v) is 15.1. The van der Waals surface area contributed by atoms with Gasteiger partial charge in [-0.25, -0.2) is 9.69 Å². The molecule has 1 fully saturated rings. The minimum absolute atomic E-state index is 0.412. The summed E-state index contributed by atoms with van der Waals surface area (Å²) in [6, 6.07) is 5.98. The number of nitrogens with zero attached hydrogens (tertiary/aromatic N) is 2. The van der Waals surface area contributed by atoms with Crippen molar-refractivity contribution in [3.05, 3.63) is 28.7 Å². The molecular weight excluding hydrogens is 374 g/mol. The van der Waals surface area contributed by atoms with Crippen LogP contribution < -0.4 is 10.2 Å². The number of nitrogens with one attached hydrogen (secondary N) is 1. The third-order valence-corrected chi connectivity index (χ3v) is 4.21. The van der Waals surface area contributed by atoms with Gasteiger partial charge in [-0.15, -0.1) is 0 Å². The van der Waals surface area contributed by atoms with Crippen LogP contribution >= 0.6 is 15.9 Å². The predicted molar refractivity (Wildman–Crippen MR) is 96.2 cm³/mol. The second-order valence-corrected chi connectivity index (χ2v) is 6.45. The first-order chi connectivity index (χ1) is 11.5. The summed E-state index contributed by atoms with van der Waals surface area (Å²) in [5.41, 5.74) is 0.412. The van der Waals surface area contributed by atoms with Crippen LogP contribution in [0, 0.1) is 5.92 Å². The normalized spacial score (nSPS) is 18.3. The number of barbiturate groups is 1. The van der Waals surface area contributed by atoms with Crippen LogP contribution in [0.1, 0.15) is 32.6 Å². The van der Waals surface area contributed by atoms with Gasteiger partial charge in [0.25, 0.3) is 5.91 Å². The van der Waals surface area contributed by atoms with Gasteiger partial charge in [-0.2, -0.15) is 0 Å². The van der Waals surface area contributed by atoms with Gasteiger partial charge in [-0.3, -0.25) is 19.9 Å². The van der Waals surface area contributed by atoms with E-state index < -0.39 is 23.8 Å². The van der Waals surface area contributed by atoms with E-state index in [1.807, 2.05) is 0 Å². The van der Waals surface area contributed by atoms with Crippen LogP contribution in [0.3, 0.4) is 0 Å². The summed E-state index contributed by atoms with van der Waals surface area (Å²) < 4.78 is 0.831. The number of benzene rings is 1. The van der Waals surface area contributed by atoms with Gasteiger partial charge in [0, 0.05) is 17.2 Å². The number of halogens is 1. The summed E-state index contributed by atoms with van der Waals surface area (Å²) in [5.74, 6) is -2.28. The number of amides is 4. The van der Waals surface area contributed by atoms with Crippen molar-refractivity contribution in [1.29, 1.82) is 0 Å². The topological polar surface area (TPSA) is 78.8 Å². The number of anilines is 1. The summed E-state index contributed by atoms with van der Waals surface area (Å²) in [5, 5.41) is 2.21. The molecule has 1 atom stereocenters. The van der Waals surface area contributed by atoms with Crippen LogP contribution in [0.5, 0.6) is 0 Å². The number of hydrogen-bond donors (Lipinski definition) is 1. The molecule has 1 aromatic rings. The molecule has 1 N–H and O–H groups in total. The Morgan fingerprint density at radius 2 is 1.88 bits per heavy atom. The number of aliphatic imine (C=N–C) groups is 1. The fraction of sp³-hybridized carbons (Fsp3) is 0.412. The van der Waals surface area contributed by atoms with Crippen LogP contribution in [0.25, 0.3) is 0 Å². The maximum absolute atomic E-state index is 12.5. The Kier molecular flexibility index (Phi) is 6.66. The maximum atomic E-state index is 12.5. The lowest BCUT2D eigenvalue weighted by atomic mass is 10.1. The molecule has 2 rings (SSSR count). The average molecular weight is 394 g/mol. The summed E-state index contributed by atoms with van der Waals surface area (Å²) in [6.07, 6.45) is 5.62. The molecule has 0 radical (unpaired) electrons. The zero-order valence-electron chi connectivity index (χ0n) is 13.5. The van der Waals surface area contributed by atoms with Crippen molar-refractivity contribution < 1.29 is 14.4 Å². The predicted octanol–water partition coefficient (Wildman–Crippen LogP) is 3.30. The molecule has 1 unspecified atom stereocenters. The first-order valence-electron chi connectivity index (χ1n) is 7.99. The van der Waals surface area contributed by atoms with Crippen molar-refractivity contribution >= 4 is 45.7 Å². The van der Waals surface area contributed by atoms with Crippen LogP contribution in [0.2, 0.25) is 0 Å². The Morgan fingerprint density at radius 1 is 1.17 bits per heavy atom. The molecule has 6 nitrogen and oxygen atoms in total. The first-order valence-corrected chi connectivity index (χ1v) is 8.78. The third kappa shape index (κ3) is 4.50. The smallest absolute Gasteiger partial charge is 0.296 e. The fourth-order valence-electron chi connectivity index (χ4n) is 2.37. The monoisotopic (exact) mass is 393 g/mol. The minimum Gasteiger partial charge on any atom is -0.296 e. The van der Waals surface area contributed by atoms with Gasteiger partial charge in [0.2, 0.25) is 5.91 Å². The van der Waals surface area contributed by atoms with Gasteiger partial charge < -0.3 is 0 Å². The van der Waals surface area contributed by atoms with Gasteiger partial charge in [-0.05, 0) is 30.7 Å². The number of unbranched alkanes of at least 4 members (excludes halogenated alkanes) is 3. The van der Waals surface area contributed by atoms with Crippen LogP contribution in [-0.4, -0.2) is 30.6 Å². The largest absolute Gasteiger partial charge is 0.335 e. The zero-order chi connectivity index (χ0) is 17.5. The molecule has 1 aliphatic heterocycles. The van der Waals surface area contributed by atoms with E-state index in [0.29, 0.717) is 12.2 Å². The second-order valence-electron chi connectivity index (χ2n) is 5.54. The molecule has 1 saturated heterocycles. The highest BCUT2D eigenvalue weighted by atomic mass is 79.9. The Hall–Kier alpha value is -2.02. The van der Waals surface area contributed by atoms with E-state index in [1.54, 1.807) is 24.3 Å². The number of carbonyl (C=O) groups is 3. The molecule has 0 bridgehead atoms. The molecule has 1 aromatic carbocycles. The lowest BCUT2D eigenvalue weighted by Crippen LogP contribution is -2.58. The van der Waals surface area contributed by atoms with E-state index >= 15 is 0 Å². The highest BCUT2D eigenvalue weighted by molar-refractivity contribution is 9.10. The molecule has 1 aliphatic rings. The number of imide groups is 2. The number of carbonyl (C=O) groups excluding carboxylic acids is 3. The number of urea groups is 1. The Balaban J connectivity index is 2.07. The standard InChI is InChI=1S/C17H20BrN3O3/c1-2-3-4-5-10-19-11-14-15(22)20-17(24)21(16(14)23)13-8-6-12(18)7-9-13/h6-9,11,14H,2-5,10H2,1H3,(H,20,22,24). The summed E-state index contributed by atoms with van der Waals surface area (Å²) >= 11 is 3.30. The van der Waals surface area contributed by atoms with Gasteiger partial charge in [-0.1, -0.05) is 42.1 Å². The van der Waals surface area contributed by atoms with Crippen molar-refractivity contribution in [2.75, 3.05) is 11.4 Å². The summed E-state index contributed by atoms with van der Waals surface area (Å²) in [7, 11) is 0.